The predicted molar refractivity (Wildman–Crippen MR) is 127 cm³/mol. The maximum absolute atomic E-state index is 13.4. The number of aliphatic carboxylic acids is 1. The van der Waals surface area contributed by atoms with E-state index in [1.165, 1.54) is 12.1 Å². The molecular weight excluding hydrogens is 463 g/mol. The van der Waals surface area contributed by atoms with Crippen molar-refractivity contribution in [3.63, 3.8) is 0 Å². The summed E-state index contributed by atoms with van der Waals surface area (Å²) in [5, 5.41) is 12.2. The summed E-state index contributed by atoms with van der Waals surface area (Å²) >= 11 is 0. The fourth-order valence-corrected chi connectivity index (χ4v) is 4.60. The van der Waals surface area contributed by atoms with Gasteiger partial charge in [0, 0.05) is 13.0 Å². The van der Waals surface area contributed by atoms with Crippen molar-refractivity contribution >= 4 is 41.4 Å². The van der Waals surface area contributed by atoms with Gasteiger partial charge in [0.05, 0.1) is 11.0 Å². The molecule has 1 heterocycles. The smallest absolute Gasteiger partial charge is 0.408 e. The number of nitrogens with one attached hydrogen (secondary N) is 1. The Morgan fingerprint density at radius 3 is 2.15 bits per heavy atom. The monoisotopic (exact) mass is 496 g/mol. The molecule has 0 aliphatic carbocycles. The highest BCUT2D eigenvalue weighted by atomic mass is 32.2. The molecule has 1 aliphatic heterocycles. The van der Waals surface area contributed by atoms with E-state index in [2.05, 4.69) is 5.32 Å². The molecule has 1 aromatic rings. The van der Waals surface area contributed by atoms with Crippen LogP contribution < -0.4 is 10.8 Å². The SMILES string of the molecule is Bc1ccc(S(=O)(=O)O[C@H]2C[C@@H](C(=O)O)N(C(=O)[C@@H](NC(=O)OC(C)(C)C)C(C)(C)C)C2)cc1. The third-order valence-electron chi connectivity index (χ3n) is 5.18. The molecule has 2 rings (SSSR count). The van der Waals surface area contributed by atoms with E-state index in [-0.39, 0.29) is 17.9 Å². The average Bonchev–Trinajstić information content (AvgIpc) is 3.07. The third-order valence-corrected chi connectivity index (χ3v) is 6.55. The first-order chi connectivity index (χ1) is 15.4. The fourth-order valence-electron chi connectivity index (χ4n) is 3.52. The second-order valence-electron chi connectivity index (χ2n) is 10.5. The number of hydrogen-bond donors (Lipinski definition) is 2. The van der Waals surface area contributed by atoms with Gasteiger partial charge < -0.3 is 20.1 Å². The van der Waals surface area contributed by atoms with Crippen LogP contribution in [0.1, 0.15) is 48.0 Å². The summed E-state index contributed by atoms with van der Waals surface area (Å²) in [7, 11) is -2.36. The third kappa shape index (κ3) is 7.20. The number of benzene rings is 1. The Morgan fingerprint density at radius 1 is 1.12 bits per heavy atom. The Labute approximate surface area is 201 Å². The molecule has 1 aromatic carbocycles. The van der Waals surface area contributed by atoms with Gasteiger partial charge in [0.2, 0.25) is 5.91 Å². The maximum atomic E-state index is 13.4. The van der Waals surface area contributed by atoms with Gasteiger partial charge in [-0.25, -0.2) is 9.59 Å². The number of amides is 2. The van der Waals surface area contributed by atoms with Gasteiger partial charge in [0.15, 0.2) is 0 Å². The quantitative estimate of drug-likeness (QED) is 0.432. The molecule has 2 amide bonds. The van der Waals surface area contributed by atoms with Gasteiger partial charge in [-0.05, 0) is 38.3 Å². The summed E-state index contributed by atoms with van der Waals surface area (Å²) in [4.78, 5) is 38.7. The first kappa shape index (κ1) is 27.6. The second-order valence-corrected chi connectivity index (χ2v) is 12.1. The van der Waals surface area contributed by atoms with Gasteiger partial charge in [-0.1, -0.05) is 38.4 Å². The lowest BCUT2D eigenvalue weighted by molar-refractivity contribution is -0.150. The topological polar surface area (TPSA) is 139 Å². The molecule has 0 bridgehead atoms. The van der Waals surface area contributed by atoms with Crippen LogP contribution in [0.25, 0.3) is 0 Å². The average molecular weight is 496 g/mol. The molecular formula is C22H33BN2O8S. The number of nitrogens with zero attached hydrogens (tertiary/aromatic N) is 1. The first-order valence-corrected chi connectivity index (χ1v) is 12.3. The van der Waals surface area contributed by atoms with Crippen LogP contribution in [-0.4, -0.2) is 74.6 Å². The summed E-state index contributed by atoms with van der Waals surface area (Å²) in [6, 6.07) is 3.62. The van der Waals surface area contributed by atoms with Crippen molar-refractivity contribution in [1.29, 1.82) is 0 Å². The predicted octanol–water partition coefficient (Wildman–Crippen LogP) is 0.644. The lowest BCUT2D eigenvalue weighted by Crippen LogP contribution is -2.57. The molecule has 1 fully saturated rings. The largest absolute Gasteiger partial charge is 0.480 e. The van der Waals surface area contributed by atoms with Crippen LogP contribution in [0.3, 0.4) is 0 Å². The number of ether oxygens (including phenoxy) is 1. The van der Waals surface area contributed by atoms with E-state index in [4.69, 9.17) is 8.92 Å². The minimum absolute atomic E-state index is 0.0612. The summed E-state index contributed by atoms with van der Waals surface area (Å²) < 4.78 is 35.9. The Hall–Kier alpha value is -2.60. The van der Waals surface area contributed by atoms with Crippen molar-refractivity contribution in [2.75, 3.05) is 6.54 Å². The summed E-state index contributed by atoms with van der Waals surface area (Å²) in [5.74, 6) is -1.96. The second kappa shape index (κ2) is 9.95. The Bertz CT molecular complexity index is 1030. The van der Waals surface area contributed by atoms with E-state index in [0.29, 0.717) is 0 Å². The molecule has 0 saturated carbocycles. The number of hydrogen-bond acceptors (Lipinski definition) is 7. The molecule has 0 radical (unpaired) electrons. The zero-order chi connectivity index (χ0) is 26.1. The normalized spacial score (nSPS) is 20.0. The summed E-state index contributed by atoms with van der Waals surface area (Å²) in [6.45, 7) is 9.93. The minimum Gasteiger partial charge on any atom is -0.480 e. The van der Waals surface area contributed by atoms with E-state index in [1.807, 2.05) is 7.85 Å². The number of alkyl carbamates (subject to hydrolysis) is 1. The molecule has 0 aromatic heterocycles. The van der Waals surface area contributed by atoms with Gasteiger partial charge in [0.1, 0.15) is 25.5 Å². The molecule has 0 unspecified atom stereocenters. The Kier molecular flexibility index (Phi) is 8.09. The van der Waals surface area contributed by atoms with E-state index in [9.17, 15) is 27.9 Å². The van der Waals surface area contributed by atoms with Crippen molar-refractivity contribution in [3.8, 4) is 0 Å². The highest BCUT2D eigenvalue weighted by Crippen LogP contribution is 2.29. The van der Waals surface area contributed by atoms with Crippen molar-refractivity contribution in [1.82, 2.24) is 10.2 Å². The van der Waals surface area contributed by atoms with Crippen LogP contribution in [0.2, 0.25) is 0 Å². The van der Waals surface area contributed by atoms with Crippen LogP contribution in [0.5, 0.6) is 0 Å². The number of rotatable bonds is 6. The molecule has 34 heavy (non-hydrogen) atoms. The van der Waals surface area contributed by atoms with E-state index >= 15 is 0 Å². The molecule has 10 nitrogen and oxygen atoms in total. The van der Waals surface area contributed by atoms with Gasteiger partial charge >= 0.3 is 12.1 Å². The Balaban J connectivity index is 2.25. The van der Waals surface area contributed by atoms with Crippen LogP contribution in [0.15, 0.2) is 29.2 Å². The number of carbonyl (C=O) groups is 3. The van der Waals surface area contributed by atoms with E-state index < -0.39 is 57.3 Å². The zero-order valence-electron chi connectivity index (χ0n) is 20.6. The lowest BCUT2D eigenvalue weighted by Gasteiger charge is -2.35. The maximum Gasteiger partial charge on any atom is 0.408 e. The van der Waals surface area contributed by atoms with Crippen LogP contribution in [-0.2, 0) is 28.6 Å². The van der Waals surface area contributed by atoms with Gasteiger partial charge in [0.25, 0.3) is 10.1 Å². The van der Waals surface area contributed by atoms with Gasteiger partial charge in [-0.15, -0.1) is 0 Å². The van der Waals surface area contributed by atoms with Crippen LogP contribution >= 0.6 is 0 Å². The number of carboxylic acid groups (broad SMARTS) is 1. The standard InChI is InChI=1S/C22H33BN2O8S/c1-21(2,3)17(24-20(29)32-22(4,5)6)18(26)25-12-14(11-16(25)19(27)28)33-34(30,31)15-9-7-13(23)8-10-15/h7-10,14,16-17H,11-12,23H2,1-6H3,(H,24,29)(H,27,28)/t14-,16-,17+/m0/s1. The highest BCUT2D eigenvalue weighted by molar-refractivity contribution is 7.86. The zero-order valence-corrected chi connectivity index (χ0v) is 21.4. The fraction of sp³-hybridized carbons (Fsp3) is 0.591. The Morgan fingerprint density at radius 2 is 1.68 bits per heavy atom. The number of carbonyl (C=O) groups excluding carboxylic acids is 2. The molecule has 0 spiro atoms. The molecule has 2 N–H and O–H groups in total. The van der Waals surface area contributed by atoms with E-state index in [1.54, 1.807) is 53.7 Å². The molecule has 188 valence electrons. The molecule has 3 atom stereocenters. The number of carboxylic acids is 1. The molecule has 1 aliphatic rings. The van der Waals surface area contributed by atoms with Crippen LogP contribution in [0.4, 0.5) is 4.79 Å². The minimum atomic E-state index is -4.17. The van der Waals surface area contributed by atoms with Crippen molar-refractivity contribution in [2.45, 2.75) is 76.6 Å². The lowest BCUT2D eigenvalue weighted by atomic mass is 9.85. The van der Waals surface area contributed by atoms with Crippen molar-refractivity contribution < 1.29 is 36.8 Å². The van der Waals surface area contributed by atoms with E-state index in [0.717, 1.165) is 10.4 Å². The highest BCUT2D eigenvalue weighted by Gasteiger charge is 2.46. The molecule has 12 heteroatoms. The van der Waals surface area contributed by atoms with Gasteiger partial charge in [-0.2, -0.15) is 8.42 Å². The number of likely N-dealkylation sites (tertiary alicyclic amines) is 1. The van der Waals surface area contributed by atoms with Crippen molar-refractivity contribution in [3.05, 3.63) is 24.3 Å². The van der Waals surface area contributed by atoms with Crippen LogP contribution in [0, 0.1) is 5.41 Å². The summed E-state index contributed by atoms with van der Waals surface area (Å²) in [6.07, 6.45) is -2.09. The summed E-state index contributed by atoms with van der Waals surface area (Å²) in [5.41, 5.74) is -0.715. The van der Waals surface area contributed by atoms with Gasteiger partial charge in [-0.3, -0.25) is 8.98 Å². The molecule has 1 saturated heterocycles. The first-order valence-electron chi connectivity index (χ1n) is 10.9. The van der Waals surface area contributed by atoms with Crippen molar-refractivity contribution in [2.24, 2.45) is 5.41 Å².